The maximum Gasteiger partial charge on any atom is 0.333 e. The quantitative estimate of drug-likeness (QED) is 0.370. The number of ether oxygens (including phenoxy) is 2. The molecule has 0 heterocycles. The fourth-order valence-electron chi connectivity index (χ4n) is 1.42. The van der Waals surface area contributed by atoms with Crippen molar-refractivity contribution in [3.05, 3.63) is 23.3 Å². The van der Waals surface area contributed by atoms with Crippen molar-refractivity contribution in [2.45, 2.75) is 13.8 Å². The van der Waals surface area contributed by atoms with Crippen LogP contribution in [0.5, 0.6) is 11.5 Å². The highest BCUT2D eigenvalue weighted by Gasteiger charge is 2.10. The Bertz CT molecular complexity index is 480. The molecule has 0 radical (unpaired) electrons. The van der Waals surface area contributed by atoms with Gasteiger partial charge in [0.2, 0.25) is 0 Å². The van der Waals surface area contributed by atoms with Crippen molar-refractivity contribution in [2.75, 3.05) is 19.5 Å². The summed E-state index contributed by atoms with van der Waals surface area (Å²) in [5.41, 5.74) is 6.61. The van der Waals surface area contributed by atoms with Gasteiger partial charge in [-0.15, -0.1) is 0 Å². The third kappa shape index (κ3) is 3.16. The highest BCUT2D eigenvalue weighted by atomic mass is 16.5. The fraction of sp³-hybridized carbons (Fsp3) is 0.308. The van der Waals surface area contributed by atoms with Gasteiger partial charge in [-0.3, -0.25) is 0 Å². The first-order valence-corrected chi connectivity index (χ1v) is 5.51. The SMILES string of the molecule is CCOC(=O)/C(C)=C/c1cc(OC)cc(N)c1O. The lowest BCUT2D eigenvalue weighted by atomic mass is 10.1. The highest BCUT2D eigenvalue weighted by molar-refractivity contribution is 5.94. The van der Waals surface area contributed by atoms with Crippen LogP contribution in [0.25, 0.3) is 6.08 Å². The number of hydrogen-bond acceptors (Lipinski definition) is 5. The Hall–Kier alpha value is -2.17. The van der Waals surface area contributed by atoms with Gasteiger partial charge < -0.3 is 20.3 Å². The number of rotatable bonds is 4. The number of aromatic hydroxyl groups is 1. The van der Waals surface area contributed by atoms with Crippen LogP contribution in [0.15, 0.2) is 17.7 Å². The second-order valence-electron chi connectivity index (χ2n) is 3.70. The van der Waals surface area contributed by atoms with Gasteiger partial charge in [0, 0.05) is 17.2 Å². The lowest BCUT2D eigenvalue weighted by Gasteiger charge is -2.08. The number of carbonyl (C=O) groups excluding carboxylic acids is 1. The number of methoxy groups -OCH3 is 1. The van der Waals surface area contributed by atoms with Crippen LogP contribution >= 0.6 is 0 Å². The molecule has 1 aromatic carbocycles. The Kier molecular flexibility index (Phi) is 4.59. The molecule has 5 nitrogen and oxygen atoms in total. The summed E-state index contributed by atoms with van der Waals surface area (Å²) in [5, 5.41) is 9.80. The summed E-state index contributed by atoms with van der Waals surface area (Å²) in [6, 6.07) is 3.10. The van der Waals surface area contributed by atoms with Gasteiger partial charge in [-0.2, -0.15) is 0 Å². The maximum atomic E-state index is 11.5. The van der Waals surface area contributed by atoms with Crippen LogP contribution in [0.2, 0.25) is 0 Å². The molecule has 5 heteroatoms. The number of phenols is 1. The summed E-state index contributed by atoms with van der Waals surface area (Å²) >= 11 is 0. The molecule has 0 spiro atoms. The van der Waals surface area contributed by atoms with Crippen molar-refractivity contribution in [1.29, 1.82) is 0 Å². The topological polar surface area (TPSA) is 81.8 Å². The molecular formula is C13H17NO4. The summed E-state index contributed by atoms with van der Waals surface area (Å²) in [6.07, 6.45) is 1.51. The standard InChI is InChI=1S/C13H17NO4/c1-4-18-13(16)8(2)5-9-6-10(17-3)7-11(14)12(9)15/h5-7,15H,4,14H2,1-3H3/b8-5+. The second-order valence-corrected chi connectivity index (χ2v) is 3.70. The molecule has 0 saturated carbocycles. The smallest absolute Gasteiger partial charge is 0.333 e. The van der Waals surface area contributed by atoms with Crippen molar-refractivity contribution in [2.24, 2.45) is 0 Å². The Morgan fingerprint density at radius 2 is 2.17 bits per heavy atom. The van der Waals surface area contributed by atoms with E-state index in [-0.39, 0.29) is 11.4 Å². The predicted molar refractivity (Wildman–Crippen MR) is 69.4 cm³/mol. The average Bonchev–Trinajstić information content (AvgIpc) is 2.34. The van der Waals surface area contributed by atoms with Crippen molar-refractivity contribution >= 4 is 17.7 Å². The van der Waals surface area contributed by atoms with Crippen molar-refractivity contribution in [3.8, 4) is 11.5 Å². The van der Waals surface area contributed by atoms with Crippen LogP contribution < -0.4 is 10.5 Å². The second kappa shape index (κ2) is 5.95. The molecule has 0 saturated heterocycles. The van der Waals surface area contributed by atoms with Crippen molar-refractivity contribution < 1.29 is 19.4 Å². The van der Waals surface area contributed by atoms with E-state index in [0.717, 1.165) is 0 Å². The number of hydrogen-bond donors (Lipinski definition) is 2. The molecule has 0 atom stereocenters. The predicted octanol–water partition coefficient (Wildman–Crippen LogP) is 1.95. The molecule has 98 valence electrons. The average molecular weight is 251 g/mol. The summed E-state index contributed by atoms with van der Waals surface area (Å²) in [7, 11) is 1.50. The van der Waals surface area contributed by atoms with E-state index in [1.165, 1.54) is 19.3 Å². The Morgan fingerprint density at radius 3 is 2.72 bits per heavy atom. The Morgan fingerprint density at radius 1 is 1.50 bits per heavy atom. The first kappa shape index (κ1) is 13.9. The minimum atomic E-state index is -0.432. The third-order valence-corrected chi connectivity index (χ3v) is 2.35. The molecule has 18 heavy (non-hydrogen) atoms. The molecular weight excluding hydrogens is 234 g/mol. The lowest BCUT2D eigenvalue weighted by Crippen LogP contribution is -2.04. The molecule has 0 fully saturated rings. The molecule has 1 aromatic rings. The lowest BCUT2D eigenvalue weighted by molar-refractivity contribution is -0.138. The van der Waals surface area contributed by atoms with E-state index < -0.39 is 5.97 Å². The number of esters is 1. The summed E-state index contributed by atoms with van der Waals surface area (Å²) in [6.45, 7) is 3.63. The Labute approximate surface area is 106 Å². The number of anilines is 1. The zero-order chi connectivity index (χ0) is 13.7. The van der Waals surface area contributed by atoms with Crippen LogP contribution in [-0.2, 0) is 9.53 Å². The number of benzene rings is 1. The van der Waals surface area contributed by atoms with Gasteiger partial charge in [-0.1, -0.05) is 0 Å². The zero-order valence-electron chi connectivity index (χ0n) is 10.7. The molecule has 1 rings (SSSR count). The van der Waals surface area contributed by atoms with Crippen molar-refractivity contribution in [3.63, 3.8) is 0 Å². The zero-order valence-corrected chi connectivity index (χ0v) is 10.7. The van der Waals surface area contributed by atoms with Gasteiger partial charge in [-0.25, -0.2) is 4.79 Å². The van der Waals surface area contributed by atoms with Crippen LogP contribution in [-0.4, -0.2) is 24.8 Å². The van der Waals surface area contributed by atoms with E-state index in [2.05, 4.69) is 0 Å². The molecule has 0 aromatic heterocycles. The largest absolute Gasteiger partial charge is 0.505 e. The number of nitrogen functional groups attached to an aromatic ring is 1. The van der Waals surface area contributed by atoms with Crippen LogP contribution in [0.3, 0.4) is 0 Å². The number of nitrogens with two attached hydrogens (primary N) is 1. The summed E-state index contributed by atoms with van der Waals surface area (Å²) in [4.78, 5) is 11.5. The van der Waals surface area contributed by atoms with Crippen LogP contribution in [0, 0.1) is 0 Å². The number of phenolic OH excluding ortho intramolecular Hbond substituents is 1. The van der Waals surface area contributed by atoms with E-state index >= 15 is 0 Å². The maximum absolute atomic E-state index is 11.5. The van der Waals surface area contributed by atoms with E-state index in [4.69, 9.17) is 15.2 Å². The van der Waals surface area contributed by atoms with Crippen molar-refractivity contribution in [1.82, 2.24) is 0 Å². The molecule has 0 aliphatic heterocycles. The normalized spacial score (nSPS) is 11.2. The third-order valence-electron chi connectivity index (χ3n) is 2.35. The van der Waals surface area contributed by atoms with Gasteiger partial charge in [0.1, 0.15) is 11.5 Å². The molecule has 0 bridgehead atoms. The van der Waals surface area contributed by atoms with Gasteiger partial charge in [0.05, 0.1) is 19.4 Å². The molecule has 3 N–H and O–H groups in total. The van der Waals surface area contributed by atoms with Gasteiger partial charge in [-0.05, 0) is 26.0 Å². The van der Waals surface area contributed by atoms with Gasteiger partial charge >= 0.3 is 5.97 Å². The number of carbonyl (C=O) groups is 1. The van der Waals surface area contributed by atoms with Crippen LogP contribution in [0.4, 0.5) is 5.69 Å². The summed E-state index contributed by atoms with van der Waals surface area (Å²) in [5.74, 6) is -0.00838. The van der Waals surface area contributed by atoms with E-state index in [9.17, 15) is 9.90 Å². The monoisotopic (exact) mass is 251 g/mol. The first-order chi connectivity index (χ1) is 8.49. The minimum Gasteiger partial charge on any atom is -0.505 e. The van der Waals surface area contributed by atoms with Gasteiger partial charge in [0.15, 0.2) is 0 Å². The Balaban J connectivity index is 3.13. The van der Waals surface area contributed by atoms with E-state index in [1.54, 1.807) is 19.9 Å². The highest BCUT2D eigenvalue weighted by Crippen LogP contribution is 2.32. The first-order valence-electron chi connectivity index (χ1n) is 5.51. The van der Waals surface area contributed by atoms with E-state index in [1.807, 2.05) is 0 Å². The van der Waals surface area contributed by atoms with Gasteiger partial charge in [0.25, 0.3) is 0 Å². The van der Waals surface area contributed by atoms with Crippen LogP contribution in [0.1, 0.15) is 19.4 Å². The molecule has 0 aliphatic rings. The molecule has 0 unspecified atom stereocenters. The molecule has 0 amide bonds. The molecule has 0 aliphatic carbocycles. The van der Waals surface area contributed by atoms with E-state index in [0.29, 0.717) is 23.5 Å². The minimum absolute atomic E-state index is 0.0838. The summed E-state index contributed by atoms with van der Waals surface area (Å²) < 4.78 is 9.89. The fourth-order valence-corrected chi connectivity index (χ4v) is 1.42.